The molecule has 0 aliphatic carbocycles. The summed E-state index contributed by atoms with van der Waals surface area (Å²) in [7, 11) is 2.15. The van der Waals surface area contributed by atoms with Crippen LogP contribution in [0.3, 0.4) is 0 Å². The molecule has 1 rings (SSSR count). The molecule has 1 heterocycles. The van der Waals surface area contributed by atoms with Gasteiger partial charge in [-0.05, 0) is 19.9 Å². The van der Waals surface area contributed by atoms with Gasteiger partial charge in [0.05, 0.1) is 0 Å². The van der Waals surface area contributed by atoms with Crippen molar-refractivity contribution in [2.24, 2.45) is 5.92 Å². The topological polar surface area (TPSA) is 23.6 Å². The highest BCUT2D eigenvalue weighted by Crippen LogP contribution is 2.21. The Balaban J connectivity index is 2.39. The van der Waals surface area contributed by atoms with E-state index in [9.17, 15) is 4.79 Å². The normalized spacial score (nSPS) is 17.4. The number of unbranched alkanes of at least 4 members (excludes halogenated alkanes) is 7. The zero-order chi connectivity index (χ0) is 16.9. The molecule has 0 radical (unpaired) electrons. The lowest BCUT2D eigenvalue weighted by atomic mass is 9.92. The van der Waals surface area contributed by atoms with E-state index in [-0.39, 0.29) is 5.92 Å². The summed E-state index contributed by atoms with van der Waals surface area (Å²) in [4.78, 5) is 17.4. The second-order valence-electron chi connectivity index (χ2n) is 7.38. The monoisotopic (exact) mass is 324 g/mol. The van der Waals surface area contributed by atoms with Crippen molar-refractivity contribution in [3.63, 3.8) is 0 Å². The quantitative estimate of drug-likeness (QED) is 0.485. The molecule has 23 heavy (non-hydrogen) atoms. The highest BCUT2D eigenvalue weighted by atomic mass is 16.2. The molecule has 0 aromatic carbocycles. The average molecular weight is 325 g/mol. The van der Waals surface area contributed by atoms with Gasteiger partial charge in [0.1, 0.15) is 0 Å². The number of carbonyl (C=O) groups is 1. The van der Waals surface area contributed by atoms with E-state index < -0.39 is 0 Å². The SMILES string of the molecule is CCCCCCCC(CCCCCC)C(=O)N1CCN(C)CC1. The Bertz CT molecular complexity index is 298. The number of rotatable bonds is 12. The molecular formula is C20H40N2O. The Labute approximate surface area is 144 Å². The van der Waals surface area contributed by atoms with E-state index in [4.69, 9.17) is 0 Å². The van der Waals surface area contributed by atoms with Gasteiger partial charge in [0, 0.05) is 32.1 Å². The van der Waals surface area contributed by atoms with Crippen LogP contribution in [0.5, 0.6) is 0 Å². The summed E-state index contributed by atoms with van der Waals surface area (Å²) in [6, 6.07) is 0. The molecule has 136 valence electrons. The fourth-order valence-electron chi connectivity index (χ4n) is 3.49. The lowest BCUT2D eigenvalue weighted by molar-refractivity contribution is -0.137. The molecule has 0 spiro atoms. The number of amides is 1. The van der Waals surface area contributed by atoms with Crippen molar-refractivity contribution in [2.75, 3.05) is 33.2 Å². The molecular weight excluding hydrogens is 284 g/mol. The fraction of sp³-hybridized carbons (Fsp3) is 0.950. The fourth-order valence-corrected chi connectivity index (χ4v) is 3.49. The van der Waals surface area contributed by atoms with E-state index in [1.165, 1.54) is 57.8 Å². The van der Waals surface area contributed by atoms with Gasteiger partial charge in [0.15, 0.2) is 0 Å². The minimum Gasteiger partial charge on any atom is -0.340 e. The van der Waals surface area contributed by atoms with Crippen molar-refractivity contribution in [3.05, 3.63) is 0 Å². The largest absolute Gasteiger partial charge is 0.340 e. The zero-order valence-corrected chi connectivity index (χ0v) is 16.0. The Morgan fingerprint density at radius 3 is 1.78 bits per heavy atom. The summed E-state index contributed by atoms with van der Waals surface area (Å²) in [5.41, 5.74) is 0. The summed E-state index contributed by atoms with van der Waals surface area (Å²) in [6.45, 7) is 8.43. The molecule has 3 heteroatoms. The van der Waals surface area contributed by atoms with Gasteiger partial charge in [-0.1, -0.05) is 71.6 Å². The molecule has 1 atom stereocenters. The lowest BCUT2D eigenvalue weighted by Crippen LogP contribution is -2.49. The van der Waals surface area contributed by atoms with Crippen LogP contribution in [-0.4, -0.2) is 48.9 Å². The van der Waals surface area contributed by atoms with Crippen LogP contribution in [0.4, 0.5) is 0 Å². The maximum atomic E-state index is 12.9. The molecule has 3 nitrogen and oxygen atoms in total. The van der Waals surface area contributed by atoms with Gasteiger partial charge >= 0.3 is 0 Å². The first-order valence-corrected chi connectivity index (χ1v) is 10.2. The van der Waals surface area contributed by atoms with Gasteiger partial charge in [-0.25, -0.2) is 0 Å². The predicted octanol–water partition coefficient (Wildman–Crippen LogP) is 4.71. The Morgan fingerprint density at radius 2 is 1.26 bits per heavy atom. The number of carbonyl (C=O) groups excluding carboxylic acids is 1. The first-order valence-electron chi connectivity index (χ1n) is 10.2. The third-order valence-corrected chi connectivity index (χ3v) is 5.23. The van der Waals surface area contributed by atoms with Crippen LogP contribution < -0.4 is 0 Å². The standard InChI is InChI=1S/C20H40N2O/c1-4-6-8-10-12-14-19(13-11-9-7-5-2)20(23)22-17-15-21(3)16-18-22/h19H,4-18H2,1-3H3. The highest BCUT2D eigenvalue weighted by molar-refractivity contribution is 5.78. The Hall–Kier alpha value is -0.570. The summed E-state index contributed by atoms with van der Waals surface area (Å²) >= 11 is 0. The van der Waals surface area contributed by atoms with Crippen molar-refractivity contribution in [1.82, 2.24) is 9.80 Å². The van der Waals surface area contributed by atoms with E-state index >= 15 is 0 Å². The Kier molecular flexibility index (Phi) is 11.4. The summed E-state index contributed by atoms with van der Waals surface area (Å²) in [6.07, 6.45) is 13.8. The maximum Gasteiger partial charge on any atom is 0.225 e. The van der Waals surface area contributed by atoms with E-state index in [2.05, 4.69) is 30.7 Å². The molecule has 0 aromatic heterocycles. The molecule has 0 aromatic rings. The molecule has 1 amide bonds. The number of hydrogen-bond acceptors (Lipinski definition) is 2. The molecule has 1 saturated heterocycles. The minimum atomic E-state index is 0.289. The van der Waals surface area contributed by atoms with E-state index in [0.717, 1.165) is 39.0 Å². The van der Waals surface area contributed by atoms with Crippen LogP contribution >= 0.6 is 0 Å². The van der Waals surface area contributed by atoms with Crippen LogP contribution in [0, 0.1) is 5.92 Å². The van der Waals surface area contributed by atoms with Crippen LogP contribution in [-0.2, 0) is 4.79 Å². The van der Waals surface area contributed by atoms with Crippen molar-refractivity contribution in [3.8, 4) is 0 Å². The van der Waals surface area contributed by atoms with Gasteiger partial charge in [0.2, 0.25) is 5.91 Å². The van der Waals surface area contributed by atoms with Crippen LogP contribution in [0.1, 0.15) is 84.5 Å². The highest BCUT2D eigenvalue weighted by Gasteiger charge is 2.25. The molecule has 1 unspecified atom stereocenters. The van der Waals surface area contributed by atoms with Crippen LogP contribution in [0.2, 0.25) is 0 Å². The molecule has 0 saturated carbocycles. The number of hydrogen-bond donors (Lipinski definition) is 0. The van der Waals surface area contributed by atoms with E-state index in [1.807, 2.05) is 0 Å². The second-order valence-corrected chi connectivity index (χ2v) is 7.38. The van der Waals surface area contributed by atoms with Crippen molar-refractivity contribution >= 4 is 5.91 Å². The van der Waals surface area contributed by atoms with Crippen molar-refractivity contribution in [2.45, 2.75) is 84.5 Å². The summed E-state index contributed by atoms with van der Waals surface area (Å²) < 4.78 is 0. The minimum absolute atomic E-state index is 0.289. The van der Waals surface area contributed by atoms with E-state index in [0.29, 0.717) is 5.91 Å². The average Bonchev–Trinajstić information content (AvgIpc) is 2.56. The smallest absolute Gasteiger partial charge is 0.225 e. The van der Waals surface area contributed by atoms with Crippen LogP contribution in [0.15, 0.2) is 0 Å². The van der Waals surface area contributed by atoms with E-state index in [1.54, 1.807) is 0 Å². The van der Waals surface area contributed by atoms with Gasteiger partial charge in [-0.2, -0.15) is 0 Å². The number of piperazine rings is 1. The molecule has 0 N–H and O–H groups in total. The molecule has 1 aliphatic heterocycles. The second kappa shape index (κ2) is 12.8. The predicted molar refractivity (Wildman–Crippen MR) is 99.7 cm³/mol. The molecule has 0 bridgehead atoms. The lowest BCUT2D eigenvalue weighted by Gasteiger charge is -2.34. The third kappa shape index (κ3) is 8.74. The van der Waals surface area contributed by atoms with Crippen molar-refractivity contribution in [1.29, 1.82) is 0 Å². The zero-order valence-electron chi connectivity index (χ0n) is 16.0. The van der Waals surface area contributed by atoms with Gasteiger partial charge < -0.3 is 9.80 Å². The summed E-state index contributed by atoms with van der Waals surface area (Å²) in [5, 5.41) is 0. The van der Waals surface area contributed by atoms with Gasteiger partial charge in [-0.3, -0.25) is 4.79 Å². The number of nitrogens with zero attached hydrogens (tertiary/aromatic N) is 2. The first-order chi connectivity index (χ1) is 11.2. The third-order valence-electron chi connectivity index (χ3n) is 5.23. The summed E-state index contributed by atoms with van der Waals surface area (Å²) in [5.74, 6) is 0.738. The first kappa shape index (κ1) is 20.5. The molecule has 1 fully saturated rings. The number of likely N-dealkylation sites (N-methyl/N-ethyl adjacent to an activating group) is 1. The van der Waals surface area contributed by atoms with Crippen molar-refractivity contribution < 1.29 is 4.79 Å². The Morgan fingerprint density at radius 1 is 0.783 bits per heavy atom. The van der Waals surface area contributed by atoms with Gasteiger partial charge in [0.25, 0.3) is 0 Å². The van der Waals surface area contributed by atoms with Gasteiger partial charge in [-0.15, -0.1) is 0 Å². The van der Waals surface area contributed by atoms with Crippen LogP contribution in [0.25, 0.3) is 0 Å². The maximum absolute atomic E-state index is 12.9. The molecule has 1 aliphatic rings.